The molecule has 0 aliphatic heterocycles. The number of rotatable bonds is 8. The maximum Gasteiger partial charge on any atom is 0.573 e. The highest BCUT2D eigenvalue weighted by molar-refractivity contribution is 5.88. The third-order valence-corrected chi connectivity index (χ3v) is 6.10. The summed E-state index contributed by atoms with van der Waals surface area (Å²) in [6.45, 7) is 2.15. The zero-order valence-electron chi connectivity index (χ0n) is 19.6. The van der Waals surface area contributed by atoms with E-state index in [1.807, 2.05) is 12.1 Å². The largest absolute Gasteiger partial charge is 0.573 e. The van der Waals surface area contributed by atoms with Crippen molar-refractivity contribution in [3.05, 3.63) is 101 Å². The van der Waals surface area contributed by atoms with E-state index in [1.165, 1.54) is 5.56 Å². The van der Waals surface area contributed by atoms with Crippen molar-refractivity contribution in [3.63, 3.8) is 0 Å². The van der Waals surface area contributed by atoms with E-state index in [-0.39, 0.29) is 18.4 Å². The molecule has 0 saturated carbocycles. The van der Waals surface area contributed by atoms with Crippen LogP contribution in [0.15, 0.2) is 66.7 Å². The summed E-state index contributed by atoms with van der Waals surface area (Å²) in [5, 5.41) is 1.14. The van der Waals surface area contributed by atoms with Crippen LogP contribution in [0.5, 0.6) is 5.75 Å². The molecule has 4 aromatic rings. The molecule has 1 nitrogen and oxygen atoms in total. The fourth-order valence-electron chi connectivity index (χ4n) is 4.20. The van der Waals surface area contributed by atoms with Crippen molar-refractivity contribution >= 4 is 10.8 Å². The van der Waals surface area contributed by atoms with Gasteiger partial charge in [0.2, 0.25) is 5.75 Å². The van der Waals surface area contributed by atoms with Gasteiger partial charge >= 0.3 is 6.36 Å². The Bertz CT molecular complexity index is 1340. The summed E-state index contributed by atoms with van der Waals surface area (Å²) in [5.74, 6) is -4.87. The molecule has 4 rings (SSSR count). The molecular formula is C29H24F6O. The predicted molar refractivity (Wildman–Crippen MR) is 128 cm³/mol. The summed E-state index contributed by atoms with van der Waals surface area (Å²) >= 11 is 0. The molecule has 0 heterocycles. The third-order valence-electron chi connectivity index (χ3n) is 6.10. The SMILES string of the molecule is CCCCc1ccc(-c2ccc3c(F)c(CCc4cc(F)c(OC(F)(F)F)c(F)c4)ccc3c2)cc1. The maximum atomic E-state index is 15.2. The quantitative estimate of drug-likeness (QED) is 0.219. The number of unbranched alkanes of at least 4 members (excludes halogenated alkanes) is 1. The van der Waals surface area contributed by atoms with Crippen molar-refractivity contribution in [1.29, 1.82) is 0 Å². The number of aryl methyl sites for hydroxylation is 3. The molecule has 0 aliphatic rings. The monoisotopic (exact) mass is 502 g/mol. The lowest BCUT2D eigenvalue weighted by Gasteiger charge is -2.12. The Labute approximate surface area is 205 Å². The average Bonchev–Trinajstić information content (AvgIpc) is 2.84. The summed E-state index contributed by atoms with van der Waals surface area (Å²) in [6, 6.07) is 18.7. The number of fused-ring (bicyclic) bond motifs is 1. The second kappa shape index (κ2) is 10.6. The zero-order valence-corrected chi connectivity index (χ0v) is 19.6. The number of halogens is 6. The van der Waals surface area contributed by atoms with Crippen molar-refractivity contribution in [3.8, 4) is 16.9 Å². The number of ether oxygens (including phenoxy) is 1. The smallest absolute Gasteiger partial charge is 0.399 e. The summed E-state index contributed by atoms with van der Waals surface area (Å²) in [7, 11) is 0. The number of hydrogen-bond acceptors (Lipinski definition) is 1. The number of benzene rings is 4. The molecule has 0 aliphatic carbocycles. The van der Waals surface area contributed by atoms with Gasteiger partial charge in [-0.2, -0.15) is 0 Å². The summed E-state index contributed by atoms with van der Waals surface area (Å²) in [5.41, 5.74) is 3.70. The maximum absolute atomic E-state index is 15.2. The van der Waals surface area contributed by atoms with Crippen LogP contribution in [-0.4, -0.2) is 6.36 Å². The Morgan fingerprint density at radius 3 is 2.00 bits per heavy atom. The standard InChI is InChI=1S/C29H24F6O/c1-2-3-4-18-5-8-20(9-6-18)22-13-14-24-23(17-22)12-11-21(27(24)32)10-7-19-15-25(30)28(26(31)16-19)36-29(33,34)35/h5-6,8-9,11-17H,2-4,7,10H2,1H3. The molecule has 188 valence electrons. The average molecular weight is 502 g/mol. The van der Waals surface area contributed by atoms with Crippen LogP contribution in [-0.2, 0) is 19.3 Å². The normalized spacial score (nSPS) is 11.8. The van der Waals surface area contributed by atoms with Gasteiger partial charge in [-0.15, -0.1) is 13.2 Å². The fourth-order valence-corrected chi connectivity index (χ4v) is 4.20. The molecular weight excluding hydrogens is 478 g/mol. The lowest BCUT2D eigenvalue weighted by Crippen LogP contribution is -2.19. The molecule has 0 aromatic heterocycles. The fraction of sp³-hybridized carbons (Fsp3) is 0.241. The van der Waals surface area contributed by atoms with Crippen LogP contribution < -0.4 is 4.74 Å². The first-order chi connectivity index (χ1) is 17.1. The Morgan fingerprint density at radius 2 is 1.36 bits per heavy atom. The Hall–Kier alpha value is -3.48. The molecule has 36 heavy (non-hydrogen) atoms. The first-order valence-corrected chi connectivity index (χ1v) is 11.7. The summed E-state index contributed by atoms with van der Waals surface area (Å²) in [4.78, 5) is 0. The molecule has 0 spiro atoms. The van der Waals surface area contributed by atoms with Gasteiger partial charge in [-0.1, -0.05) is 61.9 Å². The van der Waals surface area contributed by atoms with Crippen molar-refractivity contribution in [1.82, 2.24) is 0 Å². The van der Waals surface area contributed by atoms with Crippen LogP contribution in [0.1, 0.15) is 36.5 Å². The molecule has 0 N–H and O–H groups in total. The van der Waals surface area contributed by atoms with Crippen molar-refractivity contribution in [2.45, 2.75) is 45.4 Å². The summed E-state index contributed by atoms with van der Waals surface area (Å²) < 4.78 is 83.5. The van der Waals surface area contributed by atoms with Crippen LogP contribution in [0.4, 0.5) is 26.3 Å². The third kappa shape index (κ3) is 6.01. The van der Waals surface area contributed by atoms with E-state index in [2.05, 4.69) is 35.9 Å². The van der Waals surface area contributed by atoms with Crippen LogP contribution in [0.2, 0.25) is 0 Å². The van der Waals surface area contributed by atoms with Gasteiger partial charge in [-0.25, -0.2) is 13.2 Å². The molecule has 0 bridgehead atoms. The molecule has 0 fully saturated rings. The van der Waals surface area contributed by atoms with Gasteiger partial charge in [0.05, 0.1) is 0 Å². The number of alkyl halides is 3. The molecule has 0 saturated heterocycles. The predicted octanol–water partition coefficient (Wildman–Crippen LogP) is 8.95. The van der Waals surface area contributed by atoms with E-state index >= 15 is 4.39 Å². The summed E-state index contributed by atoms with van der Waals surface area (Å²) in [6.07, 6.45) is -1.76. The molecule has 0 radical (unpaired) electrons. The van der Waals surface area contributed by atoms with Gasteiger partial charge in [0.15, 0.2) is 11.6 Å². The van der Waals surface area contributed by atoms with Gasteiger partial charge in [0.1, 0.15) is 5.82 Å². The second-order valence-corrected chi connectivity index (χ2v) is 8.71. The Kier molecular flexibility index (Phi) is 7.57. The van der Waals surface area contributed by atoms with E-state index in [1.54, 1.807) is 18.2 Å². The van der Waals surface area contributed by atoms with E-state index in [9.17, 15) is 22.0 Å². The first-order valence-electron chi connectivity index (χ1n) is 11.7. The molecule has 4 aromatic carbocycles. The first kappa shape index (κ1) is 25.6. The van der Waals surface area contributed by atoms with Crippen LogP contribution in [0, 0.1) is 17.5 Å². The topological polar surface area (TPSA) is 9.23 Å². The van der Waals surface area contributed by atoms with Crippen molar-refractivity contribution in [2.24, 2.45) is 0 Å². The van der Waals surface area contributed by atoms with Gasteiger partial charge in [0, 0.05) is 5.39 Å². The molecule has 0 atom stereocenters. The van der Waals surface area contributed by atoms with Gasteiger partial charge < -0.3 is 4.74 Å². The van der Waals surface area contributed by atoms with Crippen LogP contribution in [0.25, 0.3) is 21.9 Å². The minimum Gasteiger partial charge on any atom is -0.399 e. The number of hydrogen-bond donors (Lipinski definition) is 0. The second-order valence-electron chi connectivity index (χ2n) is 8.71. The minimum atomic E-state index is -5.21. The van der Waals surface area contributed by atoms with E-state index < -0.39 is 29.6 Å². The van der Waals surface area contributed by atoms with Gasteiger partial charge in [-0.05, 0) is 77.1 Å². The highest BCUT2D eigenvalue weighted by Crippen LogP contribution is 2.31. The Balaban J connectivity index is 1.51. The molecule has 0 amide bonds. The highest BCUT2D eigenvalue weighted by atomic mass is 19.4. The molecule has 7 heteroatoms. The van der Waals surface area contributed by atoms with Gasteiger partial charge in [-0.3, -0.25) is 0 Å². The van der Waals surface area contributed by atoms with Gasteiger partial charge in [0.25, 0.3) is 0 Å². The van der Waals surface area contributed by atoms with E-state index in [0.29, 0.717) is 10.9 Å². The van der Waals surface area contributed by atoms with Crippen LogP contribution >= 0.6 is 0 Å². The lowest BCUT2D eigenvalue weighted by atomic mass is 9.96. The lowest BCUT2D eigenvalue weighted by molar-refractivity contribution is -0.276. The highest BCUT2D eigenvalue weighted by Gasteiger charge is 2.34. The van der Waals surface area contributed by atoms with Crippen molar-refractivity contribution in [2.75, 3.05) is 0 Å². The Morgan fingerprint density at radius 1 is 0.694 bits per heavy atom. The zero-order chi connectivity index (χ0) is 25.9. The van der Waals surface area contributed by atoms with E-state index in [0.717, 1.165) is 47.9 Å². The minimum absolute atomic E-state index is 0.0328. The van der Waals surface area contributed by atoms with E-state index in [4.69, 9.17) is 0 Å². The van der Waals surface area contributed by atoms with Crippen LogP contribution in [0.3, 0.4) is 0 Å². The molecule has 0 unspecified atom stereocenters. The van der Waals surface area contributed by atoms with Crippen molar-refractivity contribution < 1.29 is 31.1 Å².